The minimum atomic E-state index is -4.10. The smallest absolute Gasteiger partial charge is 0.497 e. The predicted octanol–water partition coefficient (Wildman–Crippen LogP) is 5.52. The zero-order valence-electron chi connectivity index (χ0n) is 25.6. The highest BCUT2D eigenvalue weighted by Gasteiger charge is 2.26. The molecular weight excluding hydrogens is 796 g/mol. The van der Waals surface area contributed by atoms with E-state index >= 15 is 0 Å². The second-order valence-electron chi connectivity index (χ2n) is 9.83. The van der Waals surface area contributed by atoms with Crippen LogP contribution in [0.5, 0.6) is 11.5 Å². The topological polar surface area (TPSA) is 170 Å². The van der Waals surface area contributed by atoms with Crippen molar-refractivity contribution in [2.75, 3.05) is 38.1 Å². The van der Waals surface area contributed by atoms with Crippen LogP contribution in [0, 0.1) is 0 Å². The van der Waals surface area contributed by atoms with Gasteiger partial charge in [0.25, 0.3) is 0 Å². The summed E-state index contributed by atoms with van der Waals surface area (Å²) in [4.78, 5) is 12.7. The standard InChI is InChI=1S/C31H32Br2N4O9S2/c1-43-23-15-11-21(12-16-23)34-29(36-47(39,40)27-9-5-3-7-25(27)32)19-45-31(38)46-20-30(35-22-13-17-24(44-2)18-14-22)37-48(41,42)28-10-6-4-8-26(28)33/h3-18,29-30,34-37H,19-20H2,1-2H3. The normalized spacial score (nSPS) is 12.8. The monoisotopic (exact) mass is 826 g/mol. The summed E-state index contributed by atoms with van der Waals surface area (Å²) in [5, 5.41) is 5.96. The molecule has 0 aliphatic heterocycles. The Morgan fingerprint density at radius 3 is 1.29 bits per heavy atom. The lowest BCUT2D eigenvalue weighted by Crippen LogP contribution is -2.45. The number of hydrogen-bond donors (Lipinski definition) is 4. The third kappa shape index (κ3) is 10.6. The number of halogens is 2. The first-order valence-electron chi connectivity index (χ1n) is 14.0. The highest BCUT2D eigenvalue weighted by atomic mass is 79.9. The number of carbonyl (C=O) groups is 1. The average Bonchev–Trinajstić information content (AvgIpc) is 3.06. The van der Waals surface area contributed by atoms with Crippen molar-refractivity contribution in [3.05, 3.63) is 106 Å². The first-order chi connectivity index (χ1) is 22.9. The van der Waals surface area contributed by atoms with Gasteiger partial charge < -0.3 is 29.6 Å². The van der Waals surface area contributed by atoms with Crippen molar-refractivity contribution in [2.45, 2.75) is 22.1 Å². The number of carbonyl (C=O) groups excluding carboxylic acids is 1. The molecule has 0 aromatic heterocycles. The van der Waals surface area contributed by atoms with Gasteiger partial charge in [-0.15, -0.1) is 0 Å². The molecule has 48 heavy (non-hydrogen) atoms. The van der Waals surface area contributed by atoms with Crippen LogP contribution in [0.3, 0.4) is 0 Å². The molecular formula is C31H32Br2N4O9S2. The van der Waals surface area contributed by atoms with E-state index in [4.69, 9.17) is 18.9 Å². The molecule has 0 saturated heterocycles. The van der Waals surface area contributed by atoms with Crippen LogP contribution in [0.2, 0.25) is 0 Å². The zero-order chi connectivity index (χ0) is 34.7. The quantitative estimate of drug-likeness (QED) is 0.0830. The number of rotatable bonds is 16. The lowest BCUT2D eigenvalue weighted by molar-refractivity contribution is 0.0485. The number of benzene rings is 4. The van der Waals surface area contributed by atoms with Gasteiger partial charge >= 0.3 is 6.16 Å². The van der Waals surface area contributed by atoms with E-state index in [1.807, 2.05) is 0 Å². The summed E-state index contributed by atoms with van der Waals surface area (Å²) < 4.78 is 79.5. The Labute approximate surface area is 295 Å². The van der Waals surface area contributed by atoms with Gasteiger partial charge in [0.2, 0.25) is 20.0 Å². The van der Waals surface area contributed by atoms with Crippen LogP contribution in [-0.4, -0.2) is 62.8 Å². The van der Waals surface area contributed by atoms with Crippen molar-refractivity contribution in [1.29, 1.82) is 0 Å². The first kappa shape index (κ1) is 37.0. The van der Waals surface area contributed by atoms with Crippen LogP contribution in [0.1, 0.15) is 0 Å². The fourth-order valence-electron chi connectivity index (χ4n) is 4.16. The van der Waals surface area contributed by atoms with Gasteiger partial charge in [-0.2, -0.15) is 9.44 Å². The van der Waals surface area contributed by atoms with Gasteiger partial charge in [-0.05, 0) is 105 Å². The molecule has 0 saturated carbocycles. The molecule has 0 aliphatic carbocycles. The maximum absolute atomic E-state index is 13.2. The summed E-state index contributed by atoms with van der Waals surface area (Å²) in [7, 11) is -5.18. The molecule has 13 nitrogen and oxygen atoms in total. The maximum Gasteiger partial charge on any atom is 0.508 e. The molecule has 2 atom stereocenters. The molecule has 4 N–H and O–H groups in total. The van der Waals surface area contributed by atoms with Crippen molar-refractivity contribution >= 4 is 69.4 Å². The summed E-state index contributed by atoms with van der Waals surface area (Å²) in [6, 6.07) is 25.8. The molecule has 256 valence electrons. The van der Waals surface area contributed by atoms with Gasteiger partial charge in [-0.3, -0.25) is 0 Å². The molecule has 0 heterocycles. The van der Waals surface area contributed by atoms with Crippen LogP contribution >= 0.6 is 31.9 Å². The Bertz CT molecular complexity index is 1760. The molecule has 0 amide bonds. The van der Waals surface area contributed by atoms with Crippen molar-refractivity contribution in [1.82, 2.24) is 9.44 Å². The summed E-state index contributed by atoms with van der Waals surface area (Å²) in [6.45, 7) is -1.01. The van der Waals surface area contributed by atoms with E-state index in [9.17, 15) is 21.6 Å². The molecule has 17 heteroatoms. The molecule has 2 unspecified atom stereocenters. The van der Waals surface area contributed by atoms with E-state index in [1.54, 1.807) is 84.9 Å². The van der Waals surface area contributed by atoms with E-state index in [0.29, 0.717) is 31.8 Å². The largest absolute Gasteiger partial charge is 0.508 e. The van der Waals surface area contributed by atoms with Gasteiger partial charge in [0.15, 0.2) is 0 Å². The fourth-order valence-corrected chi connectivity index (χ4v) is 8.43. The van der Waals surface area contributed by atoms with Gasteiger partial charge in [-0.25, -0.2) is 21.6 Å². The number of sulfonamides is 2. The van der Waals surface area contributed by atoms with Crippen molar-refractivity contribution < 1.29 is 40.6 Å². The van der Waals surface area contributed by atoms with E-state index < -0.39 is 51.7 Å². The molecule has 0 aliphatic rings. The average molecular weight is 829 g/mol. The molecule has 0 spiro atoms. The van der Waals surface area contributed by atoms with Gasteiger partial charge in [0, 0.05) is 20.3 Å². The number of nitrogens with one attached hydrogen (secondary N) is 4. The Balaban J connectivity index is 1.47. The Hall–Kier alpha value is -3.87. The fraction of sp³-hybridized carbons (Fsp3) is 0.194. The molecule has 0 radical (unpaired) electrons. The molecule has 0 bridgehead atoms. The van der Waals surface area contributed by atoms with E-state index in [2.05, 4.69) is 51.9 Å². The van der Waals surface area contributed by atoms with Crippen molar-refractivity contribution in [3.8, 4) is 11.5 Å². The van der Waals surface area contributed by atoms with Gasteiger partial charge in [0.05, 0.1) is 24.0 Å². The molecule has 4 rings (SSSR count). The lowest BCUT2D eigenvalue weighted by Gasteiger charge is -2.23. The number of methoxy groups -OCH3 is 2. The van der Waals surface area contributed by atoms with Crippen molar-refractivity contribution in [2.24, 2.45) is 0 Å². The Morgan fingerprint density at radius 2 is 0.958 bits per heavy atom. The van der Waals surface area contributed by atoms with Crippen LogP contribution in [-0.2, 0) is 29.5 Å². The van der Waals surface area contributed by atoms with Gasteiger partial charge in [-0.1, -0.05) is 24.3 Å². The second kappa shape index (κ2) is 17.0. The van der Waals surface area contributed by atoms with E-state index in [0.717, 1.165) is 0 Å². The summed E-state index contributed by atoms with van der Waals surface area (Å²) in [6.07, 6.45) is -3.48. The Morgan fingerprint density at radius 1 is 0.604 bits per heavy atom. The second-order valence-corrected chi connectivity index (χ2v) is 14.9. The number of ether oxygens (including phenoxy) is 4. The summed E-state index contributed by atoms with van der Waals surface area (Å²) in [5.74, 6) is 1.16. The van der Waals surface area contributed by atoms with E-state index in [-0.39, 0.29) is 9.79 Å². The van der Waals surface area contributed by atoms with Crippen LogP contribution in [0.15, 0.2) is 116 Å². The predicted molar refractivity (Wildman–Crippen MR) is 187 cm³/mol. The first-order valence-corrected chi connectivity index (χ1v) is 18.6. The highest BCUT2D eigenvalue weighted by molar-refractivity contribution is 9.10. The highest BCUT2D eigenvalue weighted by Crippen LogP contribution is 2.23. The zero-order valence-corrected chi connectivity index (χ0v) is 30.4. The number of anilines is 2. The SMILES string of the molecule is COc1ccc(NC(COC(=O)OCC(Nc2ccc(OC)cc2)NS(=O)(=O)c2ccccc2Br)NS(=O)(=O)c2ccccc2Br)cc1. The van der Waals surface area contributed by atoms with Crippen LogP contribution in [0.4, 0.5) is 16.2 Å². The summed E-state index contributed by atoms with van der Waals surface area (Å²) >= 11 is 6.50. The summed E-state index contributed by atoms with van der Waals surface area (Å²) in [5.41, 5.74) is 0.996. The third-order valence-corrected chi connectivity index (χ3v) is 11.4. The van der Waals surface area contributed by atoms with Crippen molar-refractivity contribution in [3.63, 3.8) is 0 Å². The molecule has 4 aromatic carbocycles. The van der Waals surface area contributed by atoms with E-state index in [1.165, 1.54) is 26.4 Å². The third-order valence-electron chi connectivity index (χ3n) is 6.44. The minimum Gasteiger partial charge on any atom is -0.497 e. The van der Waals surface area contributed by atoms with Crippen LogP contribution < -0.4 is 29.6 Å². The lowest BCUT2D eigenvalue weighted by atomic mass is 10.3. The Kier molecular flexibility index (Phi) is 13.1. The maximum atomic E-state index is 13.2. The van der Waals surface area contributed by atoms with Crippen LogP contribution in [0.25, 0.3) is 0 Å². The molecule has 0 fully saturated rings. The van der Waals surface area contributed by atoms with Gasteiger partial charge in [0.1, 0.15) is 37.0 Å². The minimum absolute atomic E-state index is 0.0288. The number of hydrogen-bond acceptors (Lipinski definition) is 11. The molecule has 4 aromatic rings.